The Bertz CT molecular complexity index is 1420. The highest BCUT2D eigenvalue weighted by Crippen LogP contribution is 2.37. The van der Waals surface area contributed by atoms with Crippen LogP contribution in [0, 0.1) is 11.6 Å². The summed E-state index contributed by atoms with van der Waals surface area (Å²) in [6.45, 7) is 5.68. The van der Waals surface area contributed by atoms with Gasteiger partial charge in [-0.1, -0.05) is 11.6 Å². The molecule has 1 aliphatic carbocycles. The summed E-state index contributed by atoms with van der Waals surface area (Å²) < 4.78 is 36.8. The van der Waals surface area contributed by atoms with Crippen molar-refractivity contribution in [3.8, 4) is 17.0 Å². The lowest BCUT2D eigenvalue weighted by atomic mass is 9.82. The monoisotopic (exact) mass is 490 g/mol. The van der Waals surface area contributed by atoms with Gasteiger partial charge in [0.15, 0.2) is 0 Å². The van der Waals surface area contributed by atoms with E-state index >= 15 is 0 Å². The number of pyridine rings is 1. The maximum Gasteiger partial charge on any atom is 0.229 e. The molecular weight excluding hydrogens is 462 g/mol. The molecule has 0 saturated heterocycles. The van der Waals surface area contributed by atoms with Crippen LogP contribution in [0.3, 0.4) is 0 Å². The zero-order chi connectivity index (χ0) is 25.4. The summed E-state index contributed by atoms with van der Waals surface area (Å²) >= 11 is 0. The fourth-order valence-electron chi connectivity index (χ4n) is 4.76. The summed E-state index contributed by atoms with van der Waals surface area (Å²) in [4.78, 5) is 8.73. The highest BCUT2D eigenvalue weighted by atomic mass is 19.1. The molecule has 2 unspecified atom stereocenters. The third-order valence-electron chi connectivity index (χ3n) is 6.19. The van der Waals surface area contributed by atoms with Crippen LogP contribution in [0.4, 0.5) is 20.4 Å². The van der Waals surface area contributed by atoms with Gasteiger partial charge in [-0.2, -0.15) is 9.61 Å². The number of fused-ring (bicyclic) bond motifs is 1. The Labute approximate surface area is 208 Å². The summed E-state index contributed by atoms with van der Waals surface area (Å²) in [6, 6.07) is 7.62. The fourth-order valence-corrected chi connectivity index (χ4v) is 4.76. The van der Waals surface area contributed by atoms with Gasteiger partial charge < -0.3 is 15.8 Å². The van der Waals surface area contributed by atoms with Crippen LogP contribution in [0.15, 0.2) is 60.6 Å². The predicted octanol–water partition coefficient (Wildman–Crippen LogP) is 5.75. The number of allylic oxidation sites excluding steroid dienone is 1. The number of aromatic nitrogens is 4. The molecule has 2 atom stereocenters. The molecule has 0 radical (unpaired) electrons. The van der Waals surface area contributed by atoms with Crippen LogP contribution in [-0.4, -0.2) is 31.7 Å². The zero-order valence-electron chi connectivity index (χ0n) is 20.4. The Kier molecular flexibility index (Phi) is 6.40. The van der Waals surface area contributed by atoms with Crippen molar-refractivity contribution >= 4 is 17.2 Å². The van der Waals surface area contributed by atoms with Crippen molar-refractivity contribution in [3.63, 3.8) is 0 Å². The Balaban J connectivity index is 1.50. The third kappa shape index (κ3) is 4.79. The second-order valence-corrected chi connectivity index (χ2v) is 9.47. The van der Waals surface area contributed by atoms with Crippen LogP contribution < -0.4 is 15.8 Å². The van der Waals surface area contributed by atoms with Gasteiger partial charge in [-0.15, -0.1) is 0 Å². The summed E-state index contributed by atoms with van der Waals surface area (Å²) in [5, 5.41) is 7.82. The van der Waals surface area contributed by atoms with Crippen molar-refractivity contribution in [1.29, 1.82) is 0 Å². The van der Waals surface area contributed by atoms with Crippen molar-refractivity contribution in [2.75, 3.05) is 5.32 Å². The minimum Gasteiger partial charge on any atom is -0.491 e. The van der Waals surface area contributed by atoms with Crippen LogP contribution in [-0.2, 0) is 0 Å². The molecule has 0 saturated carbocycles. The standard InChI is InChI=1S/C27H28F2N6O/c1-15(2)36-20-11-22(28)26(23(29)12-20)24-5-4-19-13-32-27(35(19)34-24)33-25-14-31-7-6-21(25)17-8-16(3)9-18(30)10-17/h4-7,9,11-15,17-18H,8,10,30H2,1-3H3,(H,32,33). The number of halogens is 2. The smallest absolute Gasteiger partial charge is 0.229 e. The Morgan fingerprint density at radius 1 is 1.14 bits per heavy atom. The van der Waals surface area contributed by atoms with Crippen molar-refractivity contribution in [2.45, 2.75) is 51.7 Å². The van der Waals surface area contributed by atoms with Crippen molar-refractivity contribution in [3.05, 3.63) is 77.8 Å². The molecule has 0 amide bonds. The molecule has 0 aliphatic heterocycles. The molecule has 0 bridgehead atoms. The highest BCUT2D eigenvalue weighted by molar-refractivity contribution is 5.66. The first-order valence-corrected chi connectivity index (χ1v) is 11.9. The molecule has 1 aromatic carbocycles. The second-order valence-electron chi connectivity index (χ2n) is 9.47. The van der Waals surface area contributed by atoms with E-state index in [1.165, 1.54) is 22.2 Å². The summed E-state index contributed by atoms with van der Waals surface area (Å²) in [5.41, 5.74) is 9.94. The number of hydrogen-bond acceptors (Lipinski definition) is 6. The summed E-state index contributed by atoms with van der Waals surface area (Å²) in [6.07, 6.45) is 8.79. The van der Waals surface area contributed by atoms with Crippen molar-refractivity contribution in [1.82, 2.24) is 19.6 Å². The number of benzene rings is 1. The molecule has 7 nitrogen and oxygen atoms in total. The number of rotatable bonds is 6. The largest absolute Gasteiger partial charge is 0.491 e. The quantitative estimate of drug-likeness (QED) is 0.335. The van der Waals surface area contributed by atoms with E-state index in [-0.39, 0.29) is 35.1 Å². The predicted molar refractivity (Wildman–Crippen MR) is 135 cm³/mol. The van der Waals surface area contributed by atoms with E-state index in [0.29, 0.717) is 11.5 Å². The van der Waals surface area contributed by atoms with Crippen molar-refractivity contribution in [2.24, 2.45) is 5.73 Å². The van der Waals surface area contributed by atoms with Gasteiger partial charge in [-0.3, -0.25) is 4.98 Å². The van der Waals surface area contributed by atoms with Gasteiger partial charge in [0.05, 0.1) is 41.0 Å². The average Bonchev–Trinajstić information content (AvgIpc) is 3.20. The molecule has 36 heavy (non-hydrogen) atoms. The maximum absolute atomic E-state index is 14.9. The molecular formula is C27H28F2N6O. The normalized spacial score (nSPS) is 17.9. The van der Waals surface area contributed by atoms with E-state index in [4.69, 9.17) is 10.5 Å². The summed E-state index contributed by atoms with van der Waals surface area (Å²) in [7, 11) is 0. The molecule has 3 aromatic heterocycles. The molecule has 3 heterocycles. The van der Waals surface area contributed by atoms with E-state index in [0.717, 1.165) is 24.1 Å². The van der Waals surface area contributed by atoms with E-state index in [9.17, 15) is 8.78 Å². The lowest BCUT2D eigenvalue weighted by Gasteiger charge is -2.27. The van der Waals surface area contributed by atoms with E-state index < -0.39 is 11.6 Å². The fraction of sp³-hybridized carbons (Fsp3) is 0.296. The molecule has 3 N–H and O–H groups in total. The molecule has 0 fully saturated rings. The Morgan fingerprint density at radius 2 is 1.92 bits per heavy atom. The number of anilines is 2. The lowest BCUT2D eigenvalue weighted by Crippen LogP contribution is -2.25. The third-order valence-corrected chi connectivity index (χ3v) is 6.19. The van der Waals surface area contributed by atoms with Gasteiger partial charge >= 0.3 is 0 Å². The van der Waals surface area contributed by atoms with E-state index in [1.54, 1.807) is 44.6 Å². The van der Waals surface area contributed by atoms with Crippen molar-refractivity contribution < 1.29 is 13.5 Å². The molecule has 1 aliphatic rings. The van der Waals surface area contributed by atoms with Gasteiger partial charge in [0, 0.05) is 24.4 Å². The number of nitrogens with zero attached hydrogens (tertiary/aromatic N) is 4. The van der Waals surface area contributed by atoms with E-state index in [2.05, 4.69) is 33.4 Å². The van der Waals surface area contributed by atoms with Gasteiger partial charge in [0.25, 0.3) is 0 Å². The van der Waals surface area contributed by atoms with E-state index in [1.807, 2.05) is 6.07 Å². The Hall–Kier alpha value is -3.85. The highest BCUT2D eigenvalue weighted by Gasteiger charge is 2.23. The number of hydrogen-bond donors (Lipinski definition) is 2. The van der Waals surface area contributed by atoms with Crippen LogP contribution >= 0.6 is 0 Å². The second kappa shape index (κ2) is 9.66. The molecule has 9 heteroatoms. The van der Waals surface area contributed by atoms with Gasteiger partial charge in [-0.05, 0) is 63.3 Å². The average molecular weight is 491 g/mol. The van der Waals surface area contributed by atoms with Crippen LogP contribution in [0.1, 0.15) is 45.1 Å². The van der Waals surface area contributed by atoms with Crippen LogP contribution in [0.2, 0.25) is 0 Å². The summed E-state index contributed by atoms with van der Waals surface area (Å²) in [5.74, 6) is -0.724. The first-order valence-electron chi connectivity index (χ1n) is 11.9. The van der Waals surface area contributed by atoms with Gasteiger partial charge in [0.2, 0.25) is 5.95 Å². The SMILES string of the molecule is CC1=CC(N)CC(c2ccncc2Nc2ncc3ccc(-c4c(F)cc(OC(C)C)cc4F)nn23)C1. The zero-order valence-corrected chi connectivity index (χ0v) is 20.4. The van der Waals surface area contributed by atoms with Gasteiger partial charge in [-0.25, -0.2) is 13.8 Å². The van der Waals surface area contributed by atoms with Crippen LogP contribution in [0.25, 0.3) is 16.8 Å². The number of nitrogens with one attached hydrogen (secondary N) is 1. The molecule has 186 valence electrons. The molecule has 0 spiro atoms. The molecule has 5 rings (SSSR count). The minimum absolute atomic E-state index is 0.00312. The number of ether oxygens (including phenoxy) is 1. The Morgan fingerprint density at radius 3 is 2.64 bits per heavy atom. The lowest BCUT2D eigenvalue weighted by molar-refractivity contribution is 0.240. The topological polar surface area (TPSA) is 90.4 Å². The minimum atomic E-state index is -0.751. The maximum atomic E-state index is 14.9. The van der Waals surface area contributed by atoms with Crippen LogP contribution in [0.5, 0.6) is 5.75 Å². The number of nitrogens with two attached hydrogens (primary N) is 1. The first kappa shape index (κ1) is 23.9. The first-order chi connectivity index (χ1) is 17.3. The van der Waals surface area contributed by atoms with Gasteiger partial charge in [0.1, 0.15) is 17.4 Å². The molecule has 4 aromatic rings. The number of imidazole rings is 1.